The number of hydrogen-bond acceptors (Lipinski definition) is 2. The first-order chi connectivity index (χ1) is 6.93. The van der Waals surface area contributed by atoms with E-state index in [1.54, 1.807) is 0 Å². The lowest BCUT2D eigenvalue weighted by atomic mass is 10.2. The lowest BCUT2D eigenvalue weighted by Crippen LogP contribution is -1.96. The van der Waals surface area contributed by atoms with Crippen molar-refractivity contribution in [1.29, 1.82) is 0 Å². The lowest BCUT2D eigenvalue weighted by molar-refractivity contribution is 0.145. The number of nitrogens with zero attached hydrogens (tertiary/aromatic N) is 2. The van der Waals surface area contributed by atoms with Crippen molar-refractivity contribution in [2.75, 3.05) is 13.2 Å². The van der Waals surface area contributed by atoms with E-state index in [0.717, 1.165) is 39.0 Å². The van der Waals surface area contributed by atoms with Crippen LogP contribution in [0, 0.1) is 6.42 Å². The van der Waals surface area contributed by atoms with E-state index in [1.165, 1.54) is 0 Å². The summed E-state index contributed by atoms with van der Waals surface area (Å²) in [6.07, 6.45) is 11.4. The maximum Gasteiger partial charge on any atom is 0.0945 e. The summed E-state index contributed by atoms with van der Waals surface area (Å²) in [7, 11) is 0. The number of aromatic nitrogens is 2. The maximum absolute atomic E-state index is 5.25. The molecule has 0 fully saturated rings. The summed E-state index contributed by atoms with van der Waals surface area (Å²) in [5.41, 5.74) is 0. The Labute approximate surface area is 86.1 Å². The van der Waals surface area contributed by atoms with Crippen molar-refractivity contribution in [1.82, 2.24) is 9.55 Å². The van der Waals surface area contributed by atoms with Crippen LogP contribution in [0.25, 0.3) is 0 Å². The van der Waals surface area contributed by atoms with Crippen LogP contribution in [0.3, 0.4) is 0 Å². The fourth-order valence-corrected chi connectivity index (χ4v) is 1.28. The second-order valence-corrected chi connectivity index (χ2v) is 3.22. The Kier molecular flexibility index (Phi) is 6.07. The molecule has 0 aliphatic rings. The minimum atomic E-state index is 0.828. The van der Waals surface area contributed by atoms with Crippen LogP contribution in [0.1, 0.15) is 26.2 Å². The standard InChI is InChI=1S/C11H19N2O/c1-2-14-10-6-4-3-5-8-13-9-7-12-11-13/h3,7,9,11H,2,4-6,8,10H2,1H3. The van der Waals surface area contributed by atoms with Crippen LogP contribution < -0.4 is 0 Å². The molecule has 0 bridgehead atoms. The highest BCUT2D eigenvalue weighted by atomic mass is 16.5. The number of imidazole rings is 1. The Bertz CT molecular complexity index is 209. The Morgan fingerprint density at radius 2 is 2.36 bits per heavy atom. The molecule has 14 heavy (non-hydrogen) atoms. The first-order valence-corrected chi connectivity index (χ1v) is 5.28. The average Bonchev–Trinajstić information content (AvgIpc) is 2.69. The average molecular weight is 195 g/mol. The van der Waals surface area contributed by atoms with Gasteiger partial charge in [-0.1, -0.05) is 0 Å². The molecule has 0 aliphatic heterocycles. The van der Waals surface area contributed by atoms with E-state index in [-0.39, 0.29) is 0 Å². The third kappa shape index (κ3) is 5.02. The van der Waals surface area contributed by atoms with Crippen molar-refractivity contribution in [2.24, 2.45) is 0 Å². The molecule has 1 aromatic rings. The molecule has 0 atom stereocenters. The van der Waals surface area contributed by atoms with E-state index in [4.69, 9.17) is 4.74 Å². The smallest absolute Gasteiger partial charge is 0.0945 e. The number of aryl methyl sites for hydroxylation is 1. The molecule has 0 aromatic carbocycles. The van der Waals surface area contributed by atoms with E-state index in [9.17, 15) is 0 Å². The third-order valence-electron chi connectivity index (χ3n) is 2.05. The maximum atomic E-state index is 5.25. The normalized spacial score (nSPS) is 10.6. The number of hydrogen-bond donors (Lipinski definition) is 0. The predicted octanol–water partition coefficient (Wildman–Crippen LogP) is 2.29. The second-order valence-electron chi connectivity index (χ2n) is 3.22. The Morgan fingerprint density at radius 1 is 1.43 bits per heavy atom. The molecule has 0 saturated heterocycles. The van der Waals surface area contributed by atoms with E-state index < -0.39 is 0 Å². The van der Waals surface area contributed by atoms with Crippen molar-refractivity contribution >= 4 is 0 Å². The van der Waals surface area contributed by atoms with Crippen molar-refractivity contribution in [3.05, 3.63) is 25.1 Å². The fraction of sp³-hybridized carbons (Fsp3) is 0.636. The van der Waals surface area contributed by atoms with E-state index in [1.807, 2.05) is 25.6 Å². The third-order valence-corrected chi connectivity index (χ3v) is 2.05. The van der Waals surface area contributed by atoms with Gasteiger partial charge in [0.15, 0.2) is 0 Å². The summed E-state index contributed by atoms with van der Waals surface area (Å²) in [5, 5.41) is 0. The van der Waals surface area contributed by atoms with Gasteiger partial charge < -0.3 is 9.30 Å². The Hall–Kier alpha value is -0.830. The van der Waals surface area contributed by atoms with Gasteiger partial charge in [-0.25, -0.2) is 4.98 Å². The lowest BCUT2D eigenvalue weighted by Gasteiger charge is -2.02. The van der Waals surface area contributed by atoms with Crippen molar-refractivity contribution in [3.8, 4) is 0 Å². The number of rotatable bonds is 8. The molecule has 1 aromatic heterocycles. The minimum absolute atomic E-state index is 0.828. The van der Waals surface area contributed by atoms with Crippen molar-refractivity contribution < 1.29 is 4.74 Å². The van der Waals surface area contributed by atoms with Gasteiger partial charge in [0.25, 0.3) is 0 Å². The molecule has 79 valence electrons. The minimum Gasteiger partial charge on any atom is -0.382 e. The highest BCUT2D eigenvalue weighted by molar-refractivity contribution is 4.75. The molecule has 0 amide bonds. The molecule has 0 saturated carbocycles. The molecular weight excluding hydrogens is 176 g/mol. The van der Waals surface area contributed by atoms with Gasteiger partial charge in [-0.15, -0.1) is 0 Å². The molecular formula is C11H19N2O. The van der Waals surface area contributed by atoms with Gasteiger partial charge in [0.2, 0.25) is 0 Å². The Balaban J connectivity index is 1.85. The summed E-state index contributed by atoms with van der Waals surface area (Å²) in [6.45, 7) is 4.78. The van der Waals surface area contributed by atoms with E-state index in [2.05, 4.69) is 16.0 Å². The van der Waals surface area contributed by atoms with Crippen LogP contribution in [-0.4, -0.2) is 22.8 Å². The van der Waals surface area contributed by atoms with E-state index in [0.29, 0.717) is 0 Å². The first kappa shape index (κ1) is 11.2. The second kappa shape index (κ2) is 7.56. The fourth-order valence-electron chi connectivity index (χ4n) is 1.28. The molecule has 1 radical (unpaired) electrons. The zero-order valence-corrected chi connectivity index (χ0v) is 8.85. The SMILES string of the molecule is CCOCCC[CH]CCn1ccnc1. The highest BCUT2D eigenvalue weighted by Gasteiger charge is 1.92. The monoisotopic (exact) mass is 195 g/mol. The summed E-state index contributed by atoms with van der Waals surface area (Å²) >= 11 is 0. The molecule has 0 N–H and O–H groups in total. The van der Waals surface area contributed by atoms with E-state index >= 15 is 0 Å². The van der Waals surface area contributed by atoms with Crippen molar-refractivity contribution in [2.45, 2.75) is 32.7 Å². The Morgan fingerprint density at radius 3 is 3.07 bits per heavy atom. The van der Waals surface area contributed by atoms with Crippen LogP contribution >= 0.6 is 0 Å². The first-order valence-electron chi connectivity index (χ1n) is 5.28. The molecule has 1 rings (SSSR count). The quantitative estimate of drug-likeness (QED) is 0.595. The molecule has 0 aliphatic carbocycles. The van der Waals surface area contributed by atoms with Gasteiger partial charge in [0, 0.05) is 32.2 Å². The summed E-state index contributed by atoms with van der Waals surface area (Å²) in [5.74, 6) is 0. The van der Waals surface area contributed by atoms with Gasteiger partial charge in [0.1, 0.15) is 0 Å². The predicted molar refractivity (Wildman–Crippen MR) is 56.9 cm³/mol. The van der Waals surface area contributed by atoms with Crippen LogP contribution in [0.5, 0.6) is 0 Å². The molecule has 3 nitrogen and oxygen atoms in total. The summed E-state index contributed by atoms with van der Waals surface area (Å²) in [6, 6.07) is 0. The molecule has 0 unspecified atom stereocenters. The van der Waals surface area contributed by atoms with Crippen LogP contribution in [0.4, 0.5) is 0 Å². The van der Waals surface area contributed by atoms with Crippen molar-refractivity contribution in [3.63, 3.8) is 0 Å². The zero-order chi connectivity index (χ0) is 10.1. The molecule has 1 heterocycles. The number of unbranched alkanes of at least 4 members (excludes halogenated alkanes) is 3. The summed E-state index contributed by atoms with van der Waals surface area (Å²) < 4.78 is 7.35. The summed E-state index contributed by atoms with van der Waals surface area (Å²) in [4.78, 5) is 3.99. The highest BCUT2D eigenvalue weighted by Crippen LogP contribution is 2.01. The van der Waals surface area contributed by atoms with Gasteiger partial charge in [-0.05, 0) is 32.6 Å². The van der Waals surface area contributed by atoms with Gasteiger partial charge in [-0.3, -0.25) is 0 Å². The van der Waals surface area contributed by atoms with Crippen LogP contribution in [0.2, 0.25) is 0 Å². The van der Waals surface area contributed by atoms with Gasteiger partial charge >= 0.3 is 0 Å². The van der Waals surface area contributed by atoms with Crippen LogP contribution in [-0.2, 0) is 11.3 Å². The zero-order valence-electron chi connectivity index (χ0n) is 8.85. The largest absolute Gasteiger partial charge is 0.382 e. The molecule has 0 spiro atoms. The molecule has 3 heteroatoms. The van der Waals surface area contributed by atoms with Gasteiger partial charge in [-0.2, -0.15) is 0 Å². The topological polar surface area (TPSA) is 27.1 Å². The van der Waals surface area contributed by atoms with Gasteiger partial charge in [0.05, 0.1) is 6.33 Å². The number of ether oxygens (including phenoxy) is 1. The van der Waals surface area contributed by atoms with Crippen LogP contribution in [0.15, 0.2) is 18.7 Å².